The van der Waals surface area contributed by atoms with E-state index in [9.17, 15) is 4.79 Å². The molecule has 18 heavy (non-hydrogen) atoms. The number of hydrogen-bond donors (Lipinski definition) is 1. The van der Waals surface area contributed by atoms with Crippen LogP contribution in [-0.2, 0) is 9.53 Å². The van der Waals surface area contributed by atoms with E-state index in [1.165, 1.54) is 25.7 Å². The first kappa shape index (κ1) is 15.4. The summed E-state index contributed by atoms with van der Waals surface area (Å²) in [6.45, 7) is 4.60. The highest BCUT2D eigenvalue weighted by Crippen LogP contribution is 2.28. The van der Waals surface area contributed by atoms with Crippen LogP contribution in [0.2, 0.25) is 0 Å². The number of ether oxygens (including phenoxy) is 1. The molecule has 1 aliphatic carbocycles. The average Bonchev–Trinajstić information content (AvgIpc) is 2.35. The molecule has 4 heteroatoms. The summed E-state index contributed by atoms with van der Waals surface area (Å²) in [6.07, 6.45) is 6.00. The van der Waals surface area contributed by atoms with Gasteiger partial charge in [-0.2, -0.15) is 0 Å². The van der Waals surface area contributed by atoms with Gasteiger partial charge in [0.15, 0.2) is 0 Å². The first-order valence-electron chi connectivity index (χ1n) is 7.15. The van der Waals surface area contributed by atoms with E-state index in [1.54, 1.807) is 4.90 Å². The van der Waals surface area contributed by atoms with E-state index in [4.69, 9.17) is 10.5 Å². The molecular weight excluding hydrogens is 228 g/mol. The molecule has 4 nitrogen and oxygen atoms in total. The van der Waals surface area contributed by atoms with E-state index in [0.717, 1.165) is 25.5 Å². The lowest BCUT2D eigenvalue weighted by Crippen LogP contribution is -2.33. The van der Waals surface area contributed by atoms with Crippen molar-refractivity contribution in [1.82, 2.24) is 4.90 Å². The van der Waals surface area contributed by atoms with Crippen LogP contribution in [-0.4, -0.2) is 44.2 Å². The smallest absolute Gasteiger partial charge is 0.248 e. The van der Waals surface area contributed by atoms with Gasteiger partial charge in [-0.1, -0.05) is 19.8 Å². The van der Waals surface area contributed by atoms with E-state index in [0.29, 0.717) is 12.5 Å². The fourth-order valence-corrected chi connectivity index (χ4v) is 2.59. The molecule has 0 aromatic heterocycles. The maximum absolute atomic E-state index is 11.7. The van der Waals surface area contributed by atoms with Crippen LogP contribution >= 0.6 is 0 Å². The number of likely N-dealkylation sites (N-methyl/N-ethyl adjacent to an activating group) is 1. The van der Waals surface area contributed by atoms with Crippen molar-refractivity contribution < 1.29 is 9.53 Å². The highest BCUT2D eigenvalue weighted by Gasteiger charge is 2.19. The summed E-state index contributed by atoms with van der Waals surface area (Å²) in [7, 11) is 1.81. The third-order valence-corrected chi connectivity index (χ3v) is 3.75. The standard InChI is InChI=1S/C14H28N2O2/c1-12-5-3-6-13(9-12)10-18-11-14(17)16(2)8-4-7-15/h12-13H,3-11,15H2,1-2H3. The molecule has 0 radical (unpaired) electrons. The summed E-state index contributed by atoms with van der Waals surface area (Å²) in [5.74, 6) is 1.53. The number of nitrogens with two attached hydrogens (primary N) is 1. The van der Waals surface area contributed by atoms with Crippen molar-refractivity contribution in [3.8, 4) is 0 Å². The lowest BCUT2D eigenvalue weighted by molar-refractivity contribution is -0.135. The number of carbonyl (C=O) groups is 1. The van der Waals surface area contributed by atoms with E-state index < -0.39 is 0 Å². The van der Waals surface area contributed by atoms with Crippen molar-refractivity contribution in [1.29, 1.82) is 0 Å². The summed E-state index contributed by atoms with van der Waals surface area (Å²) in [5.41, 5.74) is 5.42. The summed E-state index contributed by atoms with van der Waals surface area (Å²) < 4.78 is 5.56. The monoisotopic (exact) mass is 256 g/mol. The Bertz CT molecular complexity index is 246. The number of carbonyl (C=O) groups excluding carboxylic acids is 1. The normalized spacial score (nSPS) is 23.9. The Balaban J connectivity index is 2.11. The fraction of sp³-hybridized carbons (Fsp3) is 0.929. The minimum absolute atomic E-state index is 0.0623. The Hall–Kier alpha value is -0.610. The van der Waals surface area contributed by atoms with Gasteiger partial charge in [-0.3, -0.25) is 4.79 Å². The number of nitrogens with zero attached hydrogens (tertiary/aromatic N) is 1. The minimum Gasteiger partial charge on any atom is -0.371 e. The molecule has 2 atom stereocenters. The van der Waals surface area contributed by atoms with Gasteiger partial charge in [0.25, 0.3) is 0 Å². The van der Waals surface area contributed by atoms with Crippen LogP contribution in [0.25, 0.3) is 0 Å². The second kappa shape index (κ2) is 8.48. The largest absolute Gasteiger partial charge is 0.371 e. The molecule has 0 aromatic rings. The predicted octanol–water partition coefficient (Wildman–Crippen LogP) is 1.64. The summed E-state index contributed by atoms with van der Waals surface area (Å²) >= 11 is 0. The molecule has 0 aromatic carbocycles. The van der Waals surface area contributed by atoms with Crippen LogP contribution < -0.4 is 5.73 Å². The molecular formula is C14H28N2O2. The van der Waals surface area contributed by atoms with Crippen molar-refractivity contribution in [3.05, 3.63) is 0 Å². The summed E-state index contributed by atoms with van der Waals surface area (Å²) in [6, 6.07) is 0. The highest BCUT2D eigenvalue weighted by molar-refractivity contribution is 5.77. The number of hydrogen-bond acceptors (Lipinski definition) is 3. The van der Waals surface area contributed by atoms with E-state index in [-0.39, 0.29) is 12.5 Å². The van der Waals surface area contributed by atoms with Gasteiger partial charge in [-0.05, 0) is 37.6 Å². The minimum atomic E-state index is 0.0623. The van der Waals surface area contributed by atoms with Gasteiger partial charge in [0.2, 0.25) is 5.91 Å². The zero-order valence-electron chi connectivity index (χ0n) is 11.9. The predicted molar refractivity (Wildman–Crippen MR) is 73.2 cm³/mol. The van der Waals surface area contributed by atoms with Crippen LogP contribution in [0.4, 0.5) is 0 Å². The first-order chi connectivity index (χ1) is 8.63. The topological polar surface area (TPSA) is 55.6 Å². The van der Waals surface area contributed by atoms with Crippen molar-refractivity contribution in [2.24, 2.45) is 17.6 Å². The van der Waals surface area contributed by atoms with Crippen LogP contribution in [0.15, 0.2) is 0 Å². The number of rotatable bonds is 7. The summed E-state index contributed by atoms with van der Waals surface area (Å²) in [4.78, 5) is 13.4. The quantitative estimate of drug-likeness (QED) is 0.753. The first-order valence-corrected chi connectivity index (χ1v) is 7.15. The number of amides is 1. The molecule has 1 amide bonds. The van der Waals surface area contributed by atoms with Gasteiger partial charge in [-0.15, -0.1) is 0 Å². The molecule has 0 spiro atoms. The molecule has 0 heterocycles. The molecule has 1 rings (SSSR count). The molecule has 0 saturated heterocycles. The lowest BCUT2D eigenvalue weighted by Gasteiger charge is -2.26. The summed E-state index contributed by atoms with van der Waals surface area (Å²) in [5, 5.41) is 0. The maximum atomic E-state index is 11.7. The van der Waals surface area contributed by atoms with Crippen molar-refractivity contribution in [2.45, 2.75) is 39.0 Å². The van der Waals surface area contributed by atoms with Gasteiger partial charge in [0.1, 0.15) is 6.61 Å². The molecule has 2 unspecified atom stereocenters. The zero-order chi connectivity index (χ0) is 13.4. The van der Waals surface area contributed by atoms with E-state index in [2.05, 4.69) is 6.92 Å². The lowest BCUT2D eigenvalue weighted by atomic mass is 9.83. The Morgan fingerprint density at radius 2 is 2.22 bits per heavy atom. The van der Waals surface area contributed by atoms with Crippen LogP contribution in [0.3, 0.4) is 0 Å². The van der Waals surface area contributed by atoms with Crippen LogP contribution in [0, 0.1) is 11.8 Å². The zero-order valence-corrected chi connectivity index (χ0v) is 11.9. The molecule has 1 saturated carbocycles. The van der Waals surface area contributed by atoms with Gasteiger partial charge in [0.05, 0.1) is 6.61 Å². The Morgan fingerprint density at radius 3 is 2.89 bits per heavy atom. The SMILES string of the molecule is CC1CCCC(COCC(=O)N(C)CCCN)C1. The average molecular weight is 256 g/mol. The molecule has 106 valence electrons. The van der Waals surface area contributed by atoms with Gasteiger partial charge < -0.3 is 15.4 Å². The molecule has 0 aliphatic heterocycles. The van der Waals surface area contributed by atoms with Crippen LogP contribution in [0.5, 0.6) is 0 Å². The molecule has 1 fully saturated rings. The van der Waals surface area contributed by atoms with Gasteiger partial charge in [0, 0.05) is 13.6 Å². The molecule has 0 bridgehead atoms. The maximum Gasteiger partial charge on any atom is 0.248 e. The van der Waals surface area contributed by atoms with Crippen molar-refractivity contribution in [2.75, 3.05) is 33.4 Å². The van der Waals surface area contributed by atoms with Crippen molar-refractivity contribution >= 4 is 5.91 Å². The van der Waals surface area contributed by atoms with Crippen LogP contribution in [0.1, 0.15) is 39.0 Å². The second-order valence-electron chi connectivity index (χ2n) is 5.61. The Labute approximate surface area is 111 Å². The molecule has 2 N–H and O–H groups in total. The fourth-order valence-electron chi connectivity index (χ4n) is 2.59. The highest BCUT2D eigenvalue weighted by atomic mass is 16.5. The van der Waals surface area contributed by atoms with Gasteiger partial charge in [-0.25, -0.2) is 0 Å². The van der Waals surface area contributed by atoms with E-state index >= 15 is 0 Å². The Morgan fingerprint density at radius 1 is 1.44 bits per heavy atom. The van der Waals surface area contributed by atoms with Gasteiger partial charge >= 0.3 is 0 Å². The second-order valence-corrected chi connectivity index (χ2v) is 5.61. The molecule has 1 aliphatic rings. The van der Waals surface area contributed by atoms with Crippen molar-refractivity contribution in [3.63, 3.8) is 0 Å². The third-order valence-electron chi connectivity index (χ3n) is 3.75. The third kappa shape index (κ3) is 5.83. The van der Waals surface area contributed by atoms with E-state index in [1.807, 2.05) is 7.05 Å². The Kier molecular flexibility index (Phi) is 7.28.